The van der Waals surface area contributed by atoms with Crippen LogP contribution in [0.25, 0.3) is 0 Å². The molecule has 8 nitrogen and oxygen atoms in total. The number of carbonyl (C=O) groups excluding carboxylic acids is 1. The summed E-state index contributed by atoms with van der Waals surface area (Å²) in [7, 11) is 1.84. The normalized spacial score (nSPS) is 22.0. The number of carboxylic acids is 1. The molecule has 1 amide bonds. The van der Waals surface area contributed by atoms with E-state index in [1.807, 2.05) is 37.1 Å². The van der Waals surface area contributed by atoms with Crippen molar-refractivity contribution in [2.24, 2.45) is 18.4 Å². The number of aryl methyl sites for hydroxylation is 2. The lowest BCUT2D eigenvalue weighted by Gasteiger charge is -2.28. The van der Waals surface area contributed by atoms with Crippen LogP contribution in [0.2, 0.25) is 0 Å². The lowest BCUT2D eigenvalue weighted by atomic mass is 9.81. The molecule has 0 bridgehead atoms. The fourth-order valence-electron chi connectivity index (χ4n) is 4.56. The second kappa shape index (κ2) is 9.90. The van der Waals surface area contributed by atoms with Crippen LogP contribution in [-0.2, 0) is 23.2 Å². The van der Waals surface area contributed by atoms with E-state index < -0.39 is 12.1 Å². The summed E-state index contributed by atoms with van der Waals surface area (Å²) >= 11 is 0. The van der Waals surface area contributed by atoms with E-state index in [1.165, 1.54) is 12.8 Å². The van der Waals surface area contributed by atoms with E-state index >= 15 is 0 Å². The van der Waals surface area contributed by atoms with Crippen molar-refractivity contribution in [2.45, 2.75) is 39.0 Å². The van der Waals surface area contributed by atoms with Gasteiger partial charge >= 0.3 is 12.1 Å². The third-order valence-corrected chi connectivity index (χ3v) is 6.11. The van der Waals surface area contributed by atoms with E-state index in [2.05, 4.69) is 10.1 Å². The van der Waals surface area contributed by atoms with E-state index in [0.29, 0.717) is 24.7 Å². The molecule has 1 saturated carbocycles. The Morgan fingerprint density at radius 2 is 2.06 bits per heavy atom. The highest BCUT2D eigenvalue weighted by atomic mass is 19.4. The summed E-state index contributed by atoms with van der Waals surface area (Å²) in [6.45, 7) is 4.84. The van der Waals surface area contributed by atoms with Crippen LogP contribution in [0.3, 0.4) is 0 Å². The number of rotatable bonds is 5. The molecule has 2 fully saturated rings. The summed E-state index contributed by atoms with van der Waals surface area (Å²) in [6.07, 6.45) is 1.91. The predicted octanol–water partition coefficient (Wildman–Crippen LogP) is 3.22. The standard InChI is InChI=1S/C20H26N4O2.C2HF3O2/c1-15-5-3-7-18(22-15)12-26-14-20-8-4-6-17(20)11-24(13-20)19(25)16-9-21-23(2)10-16;3-2(4,5)1(6)7/h3,5,7,9-10,17H,4,6,8,11-14H2,1-2H3;(H,6,7)/t17-,20+;/m1./s1. The number of likely N-dealkylation sites (tertiary alicyclic amines) is 1. The lowest BCUT2D eigenvalue weighted by molar-refractivity contribution is -0.192. The zero-order valence-corrected chi connectivity index (χ0v) is 18.5. The first-order valence-corrected chi connectivity index (χ1v) is 10.6. The molecule has 2 aromatic rings. The molecule has 0 aromatic carbocycles. The smallest absolute Gasteiger partial charge is 0.475 e. The first kappa shape index (κ1) is 24.7. The third kappa shape index (κ3) is 6.10. The number of hydrogen-bond acceptors (Lipinski definition) is 5. The number of alkyl halides is 3. The van der Waals surface area contributed by atoms with E-state index in [0.717, 1.165) is 30.9 Å². The average Bonchev–Trinajstić information content (AvgIpc) is 3.41. The minimum Gasteiger partial charge on any atom is -0.475 e. The van der Waals surface area contributed by atoms with Gasteiger partial charge in [-0.25, -0.2) is 4.79 Å². The molecule has 2 aliphatic rings. The zero-order chi connectivity index (χ0) is 24.2. The van der Waals surface area contributed by atoms with Gasteiger partial charge in [-0.3, -0.25) is 14.5 Å². The van der Waals surface area contributed by atoms with Crippen molar-refractivity contribution in [3.8, 4) is 0 Å². The van der Waals surface area contributed by atoms with Gasteiger partial charge in [0, 0.05) is 37.4 Å². The minimum absolute atomic E-state index is 0.0900. The number of carboxylic acid groups (broad SMARTS) is 1. The molecule has 3 heterocycles. The number of halogens is 3. The molecule has 0 unspecified atom stereocenters. The fraction of sp³-hybridized carbons (Fsp3) is 0.545. The topological polar surface area (TPSA) is 97.5 Å². The van der Waals surface area contributed by atoms with E-state index in [9.17, 15) is 18.0 Å². The van der Waals surface area contributed by atoms with E-state index in [-0.39, 0.29) is 11.3 Å². The van der Waals surface area contributed by atoms with Crippen LogP contribution in [0.4, 0.5) is 13.2 Å². The molecule has 1 N–H and O–H groups in total. The van der Waals surface area contributed by atoms with Crippen molar-refractivity contribution in [3.05, 3.63) is 47.5 Å². The van der Waals surface area contributed by atoms with Gasteiger partial charge in [0.1, 0.15) is 0 Å². The van der Waals surface area contributed by atoms with Crippen molar-refractivity contribution < 1.29 is 32.6 Å². The number of amides is 1. The Morgan fingerprint density at radius 3 is 2.67 bits per heavy atom. The molecular weight excluding hydrogens is 441 g/mol. The number of nitrogens with zero attached hydrogens (tertiary/aromatic N) is 4. The highest BCUT2D eigenvalue weighted by Crippen LogP contribution is 2.49. The van der Waals surface area contributed by atoms with Crippen LogP contribution in [0, 0.1) is 18.3 Å². The number of aromatic nitrogens is 3. The third-order valence-electron chi connectivity index (χ3n) is 6.11. The molecule has 180 valence electrons. The maximum Gasteiger partial charge on any atom is 0.490 e. The molecule has 33 heavy (non-hydrogen) atoms. The van der Waals surface area contributed by atoms with Gasteiger partial charge in [0.2, 0.25) is 0 Å². The average molecular weight is 468 g/mol. The van der Waals surface area contributed by atoms with Crippen LogP contribution in [-0.4, -0.2) is 62.5 Å². The van der Waals surface area contributed by atoms with Gasteiger partial charge in [0.05, 0.1) is 30.7 Å². The van der Waals surface area contributed by atoms with Crippen molar-refractivity contribution in [3.63, 3.8) is 0 Å². The van der Waals surface area contributed by atoms with Gasteiger partial charge in [0.25, 0.3) is 5.91 Å². The summed E-state index contributed by atoms with van der Waals surface area (Å²) in [5, 5.41) is 11.3. The molecule has 0 radical (unpaired) electrons. The zero-order valence-electron chi connectivity index (χ0n) is 18.5. The van der Waals surface area contributed by atoms with Gasteiger partial charge in [-0.05, 0) is 37.8 Å². The predicted molar refractivity (Wildman–Crippen MR) is 111 cm³/mol. The summed E-state index contributed by atoms with van der Waals surface area (Å²) in [5.41, 5.74) is 2.75. The summed E-state index contributed by atoms with van der Waals surface area (Å²) in [4.78, 5) is 28.2. The first-order valence-electron chi connectivity index (χ1n) is 10.6. The lowest BCUT2D eigenvalue weighted by Crippen LogP contribution is -2.34. The monoisotopic (exact) mass is 468 g/mol. The Morgan fingerprint density at radius 1 is 1.33 bits per heavy atom. The minimum atomic E-state index is -5.08. The number of pyridine rings is 1. The number of carbonyl (C=O) groups is 2. The van der Waals surface area contributed by atoms with Gasteiger partial charge in [-0.2, -0.15) is 18.3 Å². The highest BCUT2D eigenvalue weighted by Gasteiger charge is 2.50. The molecule has 1 saturated heterocycles. The molecule has 11 heteroatoms. The molecule has 1 aliphatic heterocycles. The Labute approximate surface area is 189 Å². The van der Waals surface area contributed by atoms with Crippen LogP contribution in [0.5, 0.6) is 0 Å². The van der Waals surface area contributed by atoms with Gasteiger partial charge in [0.15, 0.2) is 0 Å². The van der Waals surface area contributed by atoms with Crippen molar-refractivity contribution in [1.82, 2.24) is 19.7 Å². The molecular formula is C22H27F3N4O4. The van der Waals surface area contributed by atoms with E-state index in [4.69, 9.17) is 14.6 Å². The largest absolute Gasteiger partial charge is 0.490 e. The summed E-state index contributed by atoms with van der Waals surface area (Å²) in [5.74, 6) is -2.13. The van der Waals surface area contributed by atoms with E-state index in [1.54, 1.807) is 17.1 Å². The number of fused-ring (bicyclic) bond motifs is 1. The maximum atomic E-state index is 12.8. The van der Waals surface area contributed by atoms with Crippen LogP contribution >= 0.6 is 0 Å². The molecule has 2 aromatic heterocycles. The molecule has 0 spiro atoms. The van der Waals surface area contributed by atoms with Crippen molar-refractivity contribution in [1.29, 1.82) is 0 Å². The molecule has 2 atom stereocenters. The number of ether oxygens (including phenoxy) is 1. The van der Waals surface area contributed by atoms with Gasteiger partial charge in [-0.15, -0.1) is 0 Å². The van der Waals surface area contributed by atoms with Crippen molar-refractivity contribution in [2.75, 3.05) is 19.7 Å². The summed E-state index contributed by atoms with van der Waals surface area (Å²) in [6, 6.07) is 6.01. The highest BCUT2D eigenvalue weighted by molar-refractivity contribution is 5.94. The Bertz CT molecular complexity index is 994. The van der Waals surface area contributed by atoms with Crippen LogP contribution < -0.4 is 0 Å². The second-order valence-corrected chi connectivity index (χ2v) is 8.61. The summed E-state index contributed by atoms with van der Waals surface area (Å²) < 4.78 is 39.5. The molecule has 4 rings (SSSR count). The maximum absolute atomic E-state index is 12.8. The van der Waals surface area contributed by atoms with Crippen molar-refractivity contribution >= 4 is 11.9 Å². The Kier molecular flexibility index (Phi) is 7.41. The number of aliphatic carboxylic acids is 1. The second-order valence-electron chi connectivity index (χ2n) is 8.61. The first-order chi connectivity index (χ1) is 15.5. The Hall–Kier alpha value is -2.95. The fourth-order valence-corrected chi connectivity index (χ4v) is 4.56. The Balaban J connectivity index is 0.000000383. The van der Waals surface area contributed by atoms with Crippen LogP contribution in [0.15, 0.2) is 30.6 Å². The quantitative estimate of drug-likeness (QED) is 0.724. The number of hydrogen-bond donors (Lipinski definition) is 1. The van der Waals surface area contributed by atoms with Crippen LogP contribution in [0.1, 0.15) is 41.0 Å². The molecule has 1 aliphatic carbocycles. The van der Waals surface area contributed by atoms with Gasteiger partial charge in [-0.1, -0.05) is 12.5 Å². The van der Waals surface area contributed by atoms with Gasteiger partial charge < -0.3 is 14.7 Å². The SMILES string of the molecule is Cc1cccc(COC[C@@]23CCC[C@@H]2CN(C(=O)c2cnn(C)c2)C3)n1.O=C(O)C(F)(F)F.